The summed E-state index contributed by atoms with van der Waals surface area (Å²) in [6, 6.07) is 1.67. The number of piperidine rings is 1. The van der Waals surface area contributed by atoms with Crippen molar-refractivity contribution in [1.29, 1.82) is 0 Å². The Bertz CT molecular complexity index is 1770. The highest BCUT2D eigenvalue weighted by molar-refractivity contribution is 6.19. The monoisotopic (exact) mass is 572 g/mol. The zero-order valence-corrected chi connectivity index (χ0v) is 24.4. The first kappa shape index (κ1) is 25.2. The number of anilines is 1. The number of aromatic nitrogens is 2. The molecule has 1 aromatic carbocycles. The number of aromatic hydroxyl groups is 1. The van der Waals surface area contributed by atoms with Crippen molar-refractivity contribution >= 4 is 45.8 Å². The van der Waals surface area contributed by atoms with Gasteiger partial charge in [-0.1, -0.05) is 13.8 Å². The predicted octanol–water partition coefficient (Wildman–Crippen LogP) is 5.17. The van der Waals surface area contributed by atoms with Gasteiger partial charge in [0.15, 0.2) is 0 Å². The molecule has 1 unspecified atom stereocenters. The number of likely N-dealkylation sites (tertiary alicyclic amines) is 1. The van der Waals surface area contributed by atoms with E-state index in [9.17, 15) is 19.5 Å². The van der Waals surface area contributed by atoms with Gasteiger partial charge in [0, 0.05) is 76.8 Å². The highest BCUT2D eigenvalue weighted by Crippen LogP contribution is 2.68. The number of phenolic OH excluding ortho intramolecular Hbond substituents is 1. The van der Waals surface area contributed by atoms with Crippen molar-refractivity contribution in [2.75, 3.05) is 23.9 Å². The second-order valence-electron chi connectivity index (χ2n) is 13.7. The summed E-state index contributed by atoms with van der Waals surface area (Å²) in [7, 11) is 0. The minimum Gasteiger partial charge on any atom is -0.506 e. The third-order valence-electron chi connectivity index (χ3n) is 10.8. The van der Waals surface area contributed by atoms with Crippen molar-refractivity contribution in [3.8, 4) is 5.75 Å². The number of halogens is 1. The number of phenols is 1. The molecule has 1 saturated heterocycles. The molecule has 9 heteroatoms. The number of allylic oxidation sites excluding steroid dienone is 2. The zero-order chi connectivity index (χ0) is 28.8. The Labute approximate surface area is 242 Å². The molecule has 3 aromatic rings. The Morgan fingerprint density at radius 1 is 1.05 bits per heavy atom. The number of benzene rings is 1. The summed E-state index contributed by atoms with van der Waals surface area (Å²) in [6.07, 6.45) is 7.24. The number of ketones is 1. The van der Waals surface area contributed by atoms with E-state index in [0.717, 1.165) is 39.8 Å². The normalized spacial score (nSPS) is 32.8. The number of nitrogens with one attached hydrogen (secondary N) is 2. The summed E-state index contributed by atoms with van der Waals surface area (Å²) in [5.41, 5.74) is 5.36. The number of nitrogens with zero attached hydrogens (tertiary/aromatic N) is 2. The van der Waals surface area contributed by atoms with Gasteiger partial charge in [-0.05, 0) is 61.3 Å². The molecule has 3 N–H and O–H groups in total. The summed E-state index contributed by atoms with van der Waals surface area (Å²) in [5.74, 6) is 0.644. The molecule has 212 valence electrons. The van der Waals surface area contributed by atoms with E-state index in [4.69, 9.17) is 11.6 Å². The minimum absolute atomic E-state index is 0.00722. The molecule has 5 aliphatic rings. The number of alkyl halides is 1. The number of hydrogen-bond acceptors (Lipinski definition) is 4. The molecule has 2 saturated carbocycles. The van der Waals surface area contributed by atoms with Gasteiger partial charge < -0.3 is 24.9 Å². The second-order valence-corrected chi connectivity index (χ2v) is 14.0. The van der Waals surface area contributed by atoms with Crippen LogP contribution in [0.1, 0.15) is 71.8 Å². The molecule has 0 bridgehead atoms. The van der Waals surface area contributed by atoms with E-state index in [0.29, 0.717) is 54.6 Å². The Balaban J connectivity index is 1.07. The fourth-order valence-electron chi connectivity index (χ4n) is 9.21. The Hall–Kier alpha value is -3.52. The average Bonchev–Trinajstić information content (AvgIpc) is 3.29. The maximum atomic E-state index is 14.2. The van der Waals surface area contributed by atoms with Crippen molar-refractivity contribution in [3.63, 3.8) is 0 Å². The topological polar surface area (TPSA) is 110 Å². The molecule has 2 aromatic heterocycles. The molecular formula is C32H33ClN4O4. The maximum absolute atomic E-state index is 14.2. The molecule has 2 aliphatic heterocycles. The van der Waals surface area contributed by atoms with Crippen LogP contribution in [0.3, 0.4) is 0 Å². The number of fused-ring (bicyclic) bond motifs is 4. The van der Waals surface area contributed by atoms with Gasteiger partial charge in [-0.15, -0.1) is 11.6 Å². The first-order valence-corrected chi connectivity index (χ1v) is 15.0. The first-order valence-electron chi connectivity index (χ1n) is 14.4. The summed E-state index contributed by atoms with van der Waals surface area (Å²) < 4.78 is 0. The summed E-state index contributed by atoms with van der Waals surface area (Å²) in [5, 5.41) is 11.7. The van der Waals surface area contributed by atoms with E-state index in [1.54, 1.807) is 17.0 Å². The van der Waals surface area contributed by atoms with E-state index in [2.05, 4.69) is 9.97 Å². The quantitative estimate of drug-likeness (QED) is 0.376. The number of amides is 2. The number of carbonyl (C=O) groups excluding carboxylic acids is 3. The largest absolute Gasteiger partial charge is 0.506 e. The summed E-state index contributed by atoms with van der Waals surface area (Å²) >= 11 is 6.41. The highest BCUT2D eigenvalue weighted by atomic mass is 35.5. The Morgan fingerprint density at radius 2 is 1.73 bits per heavy atom. The molecule has 3 fully saturated rings. The van der Waals surface area contributed by atoms with Gasteiger partial charge in [0.2, 0.25) is 17.6 Å². The summed E-state index contributed by atoms with van der Waals surface area (Å²) in [4.78, 5) is 51.2. The molecule has 0 radical (unpaired) electrons. The number of hydrogen-bond donors (Lipinski definition) is 3. The highest BCUT2D eigenvalue weighted by Gasteiger charge is 2.70. The van der Waals surface area contributed by atoms with E-state index in [-0.39, 0.29) is 34.7 Å². The van der Waals surface area contributed by atoms with Crippen molar-refractivity contribution in [2.45, 2.75) is 58.3 Å². The van der Waals surface area contributed by atoms with Crippen LogP contribution in [-0.4, -0.2) is 56.5 Å². The molecule has 3 atom stereocenters. The maximum Gasteiger partial charge on any atom is 0.233 e. The van der Waals surface area contributed by atoms with E-state index in [1.807, 2.05) is 45.0 Å². The third kappa shape index (κ3) is 2.94. The molecule has 8 rings (SSSR count). The van der Waals surface area contributed by atoms with Gasteiger partial charge >= 0.3 is 0 Å². The molecule has 2 amide bonds. The fraction of sp³-hybridized carbons (Fsp3) is 0.469. The zero-order valence-electron chi connectivity index (χ0n) is 23.7. The van der Waals surface area contributed by atoms with Crippen LogP contribution in [0.4, 0.5) is 5.69 Å². The van der Waals surface area contributed by atoms with E-state index in [1.165, 1.54) is 0 Å². The lowest BCUT2D eigenvalue weighted by Gasteiger charge is -2.53. The van der Waals surface area contributed by atoms with Crippen LogP contribution in [-0.2, 0) is 15.0 Å². The van der Waals surface area contributed by atoms with Gasteiger partial charge in [0.1, 0.15) is 5.75 Å². The molecule has 3 aliphatic carbocycles. The van der Waals surface area contributed by atoms with Crippen molar-refractivity contribution in [2.24, 2.45) is 16.7 Å². The van der Waals surface area contributed by atoms with Crippen molar-refractivity contribution in [1.82, 2.24) is 14.9 Å². The average molecular weight is 573 g/mol. The van der Waals surface area contributed by atoms with Gasteiger partial charge in [-0.3, -0.25) is 14.4 Å². The van der Waals surface area contributed by atoms with Crippen molar-refractivity contribution in [3.05, 3.63) is 58.2 Å². The molecule has 1 spiro atoms. The third-order valence-corrected chi connectivity index (χ3v) is 11.2. The van der Waals surface area contributed by atoms with Gasteiger partial charge in [0.05, 0.1) is 16.9 Å². The smallest absolute Gasteiger partial charge is 0.233 e. The van der Waals surface area contributed by atoms with Crippen molar-refractivity contribution < 1.29 is 19.5 Å². The van der Waals surface area contributed by atoms with E-state index >= 15 is 0 Å². The Morgan fingerprint density at radius 3 is 2.44 bits per heavy atom. The fourth-order valence-corrected chi connectivity index (χ4v) is 9.46. The van der Waals surface area contributed by atoms with Gasteiger partial charge in [-0.2, -0.15) is 0 Å². The van der Waals surface area contributed by atoms with Gasteiger partial charge in [-0.25, -0.2) is 0 Å². The number of carbonyl (C=O) groups is 3. The number of aryl methyl sites for hydroxylation is 2. The van der Waals surface area contributed by atoms with Gasteiger partial charge in [0.25, 0.3) is 0 Å². The van der Waals surface area contributed by atoms with Crippen LogP contribution in [0.2, 0.25) is 0 Å². The first-order chi connectivity index (χ1) is 19.4. The van der Waals surface area contributed by atoms with Crippen LogP contribution < -0.4 is 4.90 Å². The molecular weight excluding hydrogens is 540 g/mol. The van der Waals surface area contributed by atoms with Crippen LogP contribution in [0, 0.1) is 30.6 Å². The molecule has 8 nitrogen and oxygen atoms in total. The minimum atomic E-state index is -0.720. The number of aromatic amines is 2. The standard InChI is InChI=1S/C32H33ClN4O4/c1-15-9-34-26-20(38)5-19-24(23(15)26)17(8-33)11-36(19)28(40)30(3)13-31(4,14-30)29(41)37-12-18-7-32(18)22(37)6-21(39)27-25(32)16(2)10-35-27/h5-6,9-10,17-18,34-35,38H,7-8,11-14H2,1-4H3/t17-,18-,30?,31?,32?/m1/s1. The van der Waals surface area contributed by atoms with Crippen LogP contribution >= 0.6 is 11.6 Å². The van der Waals surface area contributed by atoms with Crippen LogP contribution in [0.15, 0.2) is 30.2 Å². The second kappa shape index (κ2) is 7.65. The number of rotatable bonds is 3. The van der Waals surface area contributed by atoms with Crippen LogP contribution in [0.25, 0.3) is 10.9 Å². The summed E-state index contributed by atoms with van der Waals surface area (Å²) in [6.45, 7) is 8.97. The number of H-pyrrole nitrogens is 2. The lowest BCUT2D eigenvalue weighted by Crippen LogP contribution is -2.59. The lowest BCUT2D eigenvalue weighted by molar-refractivity contribution is -0.159. The van der Waals surface area contributed by atoms with E-state index < -0.39 is 10.8 Å². The predicted molar refractivity (Wildman–Crippen MR) is 155 cm³/mol. The molecule has 4 heterocycles. The SMILES string of the molecule is Cc1c[nH]c2c1C13C[C@@H]1CN(C(=O)C1(C)CC(C)(C(=O)N4C[C@@H](CCl)c5c4cc(O)c4[nH]cc(C)c54)C1)C3=CC2=O. The van der Waals surface area contributed by atoms with Crippen LogP contribution in [0.5, 0.6) is 5.75 Å². The lowest BCUT2D eigenvalue weighted by atomic mass is 9.53. The molecule has 41 heavy (non-hydrogen) atoms. The Kier molecular flexibility index (Phi) is 4.70.